The number of aryl methyl sites for hydroxylation is 3. The van der Waals surface area contributed by atoms with Gasteiger partial charge in [0.05, 0.1) is 41.1 Å². The number of carbonyl (C=O) groups is 3. The van der Waals surface area contributed by atoms with Crippen LogP contribution in [0.15, 0.2) is 53.0 Å². The van der Waals surface area contributed by atoms with Crippen molar-refractivity contribution in [3.63, 3.8) is 0 Å². The lowest BCUT2D eigenvalue weighted by Gasteiger charge is -2.35. The van der Waals surface area contributed by atoms with E-state index < -0.39 is 35.4 Å². The van der Waals surface area contributed by atoms with Crippen LogP contribution in [0.25, 0.3) is 15.4 Å². The Kier molecular flexibility index (Phi) is 12.5. The van der Waals surface area contributed by atoms with Crippen LogP contribution < -0.4 is 20.1 Å². The lowest BCUT2D eigenvalue weighted by Crippen LogP contribution is -2.57. The van der Waals surface area contributed by atoms with Crippen molar-refractivity contribution in [1.82, 2.24) is 35.3 Å². The molecule has 5 aromatic rings. The molecule has 1 fully saturated rings. The summed E-state index contributed by atoms with van der Waals surface area (Å²) < 4.78 is 14.6. The van der Waals surface area contributed by atoms with Gasteiger partial charge in [0, 0.05) is 54.4 Å². The largest absolute Gasteiger partial charge is 0.493 e. The fourth-order valence-electron chi connectivity index (χ4n) is 7.60. The van der Waals surface area contributed by atoms with Crippen molar-refractivity contribution in [1.29, 1.82) is 0 Å². The fraction of sp³-hybridized carbons (Fsp3) is 0.432. The summed E-state index contributed by atoms with van der Waals surface area (Å²) >= 11 is 3.28. The second-order valence-corrected chi connectivity index (χ2v) is 18.5. The molecule has 14 nitrogen and oxygen atoms in total. The fourth-order valence-corrected chi connectivity index (χ4v) is 9.63. The van der Waals surface area contributed by atoms with Crippen LogP contribution in [0.5, 0.6) is 11.5 Å². The van der Waals surface area contributed by atoms with Gasteiger partial charge in [-0.2, -0.15) is 0 Å². The lowest BCUT2D eigenvalue weighted by molar-refractivity contribution is -0.143. The number of aromatic nitrogens is 4. The van der Waals surface area contributed by atoms with Crippen LogP contribution in [-0.2, 0) is 27.5 Å². The zero-order valence-corrected chi connectivity index (χ0v) is 36.9. The molecule has 0 aliphatic carbocycles. The van der Waals surface area contributed by atoms with Gasteiger partial charge >= 0.3 is 0 Å². The minimum atomic E-state index is -0.894. The van der Waals surface area contributed by atoms with Crippen molar-refractivity contribution >= 4 is 46.1 Å². The zero-order valence-electron chi connectivity index (χ0n) is 35.3. The number of rotatable bonds is 13. The molecular formula is C44H52N8O6S2. The molecule has 0 unspecified atom stereocenters. The van der Waals surface area contributed by atoms with Gasteiger partial charge < -0.3 is 30.1 Å². The predicted molar refractivity (Wildman–Crippen MR) is 232 cm³/mol. The maximum Gasteiger partial charge on any atom is 0.246 e. The minimum absolute atomic E-state index is 0.00239. The number of thiophene rings is 1. The van der Waals surface area contributed by atoms with Crippen LogP contribution in [0.4, 0.5) is 0 Å². The number of hydrogen-bond acceptors (Lipinski definition) is 12. The van der Waals surface area contributed by atoms with Gasteiger partial charge in [0.1, 0.15) is 41.0 Å². The van der Waals surface area contributed by atoms with E-state index in [1.807, 2.05) is 82.6 Å². The van der Waals surface area contributed by atoms with Crippen LogP contribution in [0, 0.1) is 33.1 Å². The third kappa shape index (κ3) is 9.00. The van der Waals surface area contributed by atoms with Crippen LogP contribution in [0.3, 0.4) is 0 Å². The summed E-state index contributed by atoms with van der Waals surface area (Å²) in [6.45, 7) is 16.5. The Hall–Kier alpha value is -5.45. The minimum Gasteiger partial charge on any atom is -0.493 e. The Morgan fingerprint density at radius 3 is 2.43 bits per heavy atom. The summed E-state index contributed by atoms with van der Waals surface area (Å²) in [4.78, 5) is 52.4. The van der Waals surface area contributed by atoms with Crippen molar-refractivity contribution in [2.75, 3.05) is 19.8 Å². The monoisotopic (exact) mass is 852 g/mol. The molecule has 3 amide bonds. The van der Waals surface area contributed by atoms with E-state index >= 15 is 0 Å². The first kappa shape index (κ1) is 42.7. The summed E-state index contributed by atoms with van der Waals surface area (Å²) in [5, 5.41) is 26.1. The molecule has 60 heavy (non-hydrogen) atoms. The molecule has 0 radical (unpaired) electrons. The van der Waals surface area contributed by atoms with E-state index in [4.69, 9.17) is 14.5 Å². The van der Waals surface area contributed by atoms with Gasteiger partial charge in [-0.1, -0.05) is 32.9 Å². The average molecular weight is 853 g/mol. The molecule has 2 aliphatic rings. The van der Waals surface area contributed by atoms with E-state index in [0.29, 0.717) is 31.9 Å². The number of amides is 3. The number of fused-ring (bicyclic) bond motifs is 3. The number of carbonyl (C=O) groups excluding carboxylic acids is 3. The normalized spacial score (nSPS) is 16.7. The highest BCUT2D eigenvalue weighted by molar-refractivity contribution is 7.15. The molecule has 3 N–H and O–H groups in total. The number of aliphatic hydroxyl groups excluding tert-OH is 1. The van der Waals surface area contributed by atoms with Crippen LogP contribution in [0.2, 0.25) is 0 Å². The number of ether oxygens (including phenoxy) is 2. The van der Waals surface area contributed by atoms with E-state index in [2.05, 4.69) is 44.2 Å². The van der Waals surface area contributed by atoms with Crippen molar-refractivity contribution in [3.8, 4) is 26.9 Å². The van der Waals surface area contributed by atoms with Crippen molar-refractivity contribution < 1.29 is 29.0 Å². The summed E-state index contributed by atoms with van der Waals surface area (Å²) in [5.74, 6) is 1.88. The Morgan fingerprint density at radius 2 is 1.73 bits per heavy atom. The van der Waals surface area contributed by atoms with Gasteiger partial charge in [-0.25, -0.2) is 4.98 Å². The third-order valence-electron chi connectivity index (χ3n) is 10.9. The average Bonchev–Trinajstić information content (AvgIpc) is 3.96. The molecule has 0 saturated carbocycles. The van der Waals surface area contributed by atoms with E-state index in [0.717, 1.165) is 60.9 Å². The molecule has 16 heteroatoms. The summed E-state index contributed by atoms with van der Waals surface area (Å²) in [7, 11) is 0. The van der Waals surface area contributed by atoms with E-state index in [1.54, 1.807) is 22.7 Å². The number of nitrogens with one attached hydrogen (secondary N) is 2. The number of benzene rings is 2. The Bertz CT molecular complexity index is 2430. The smallest absolute Gasteiger partial charge is 0.246 e. The van der Waals surface area contributed by atoms with Crippen LogP contribution in [-0.4, -0.2) is 91.1 Å². The predicted octanol–water partition coefficient (Wildman–Crippen LogP) is 6.01. The molecule has 1 saturated heterocycles. The molecule has 0 spiro atoms. The number of hydrogen-bond donors (Lipinski definition) is 3. The van der Waals surface area contributed by atoms with Gasteiger partial charge in [-0.3, -0.25) is 23.9 Å². The van der Waals surface area contributed by atoms with E-state index in [1.165, 1.54) is 22.3 Å². The molecule has 2 aliphatic heterocycles. The Balaban J connectivity index is 0.991. The number of nitrogens with zero attached hydrogens (tertiary/aromatic N) is 6. The summed E-state index contributed by atoms with van der Waals surface area (Å²) in [5.41, 5.74) is 8.06. The third-order valence-corrected chi connectivity index (χ3v) is 13.0. The molecule has 7 rings (SSSR count). The number of aliphatic imine (C=N–C) groups is 1. The first-order valence-corrected chi connectivity index (χ1v) is 21.8. The van der Waals surface area contributed by atoms with E-state index in [9.17, 15) is 19.5 Å². The highest BCUT2D eigenvalue weighted by Crippen LogP contribution is 2.37. The quantitative estimate of drug-likeness (QED) is 0.120. The number of likely N-dealkylation sites (tertiary alicyclic amines) is 1. The number of thiazole rings is 1. The lowest BCUT2D eigenvalue weighted by atomic mass is 9.85. The first-order chi connectivity index (χ1) is 28.6. The summed E-state index contributed by atoms with van der Waals surface area (Å²) in [6, 6.07) is 12.1. The standard InChI is InChI=1S/C44H52N8O6S2/c1-24-26(3)60-43-37(24)38(45-21-36-50-49-27(4)52(36)43)29-12-14-33(15-13-29)57-16-9-17-58-35-18-30(39-25(2)47-23-59-39)10-11-31(35)20-46-41(55)34-19-32(54)22-51(34)42(56)40(44(6,7)8)48-28(5)53/h10-15,18,23,32,34,40,54H,9,16-17,19-22H2,1-8H3,(H,46,55)(H,48,53)/t32-,34+,40-/m1/s1. The second-order valence-electron chi connectivity index (χ2n) is 16.4. The van der Waals surface area contributed by atoms with Crippen molar-refractivity contribution in [3.05, 3.63) is 92.4 Å². The van der Waals surface area contributed by atoms with Gasteiger partial charge in [-0.15, -0.1) is 32.9 Å². The summed E-state index contributed by atoms with van der Waals surface area (Å²) in [6.07, 6.45) is -0.172. The molecule has 0 bridgehead atoms. The topological polar surface area (TPSA) is 173 Å². The molecule has 5 heterocycles. The zero-order chi connectivity index (χ0) is 42.9. The van der Waals surface area contributed by atoms with Crippen molar-refractivity contribution in [2.45, 2.75) is 99.5 Å². The SMILES string of the molecule is CC(=O)N[C@H](C(=O)N1C[C@H](O)C[C@H]1C(=O)NCc1ccc(-c2scnc2C)cc1OCCCOc1ccc(C2=NCc3nnc(C)n3-c3sc(C)c(C)c32)cc1)C(C)(C)C. The molecule has 3 atom stereocenters. The van der Waals surface area contributed by atoms with Gasteiger partial charge in [0.15, 0.2) is 5.82 Å². The van der Waals surface area contributed by atoms with Gasteiger partial charge in [0.2, 0.25) is 17.7 Å². The molecule has 3 aromatic heterocycles. The van der Waals surface area contributed by atoms with Crippen LogP contribution in [0.1, 0.15) is 85.0 Å². The maximum atomic E-state index is 13.7. The van der Waals surface area contributed by atoms with Crippen molar-refractivity contribution in [2.24, 2.45) is 10.4 Å². The second kappa shape index (κ2) is 17.6. The Morgan fingerprint density at radius 1 is 1.00 bits per heavy atom. The van der Waals surface area contributed by atoms with Crippen LogP contribution >= 0.6 is 22.7 Å². The first-order valence-electron chi connectivity index (χ1n) is 20.1. The molecule has 316 valence electrons. The maximum absolute atomic E-state index is 13.7. The Labute approximate surface area is 358 Å². The number of aliphatic hydroxyl groups is 1. The molecular weight excluding hydrogens is 801 g/mol. The molecule has 2 aromatic carbocycles. The van der Waals surface area contributed by atoms with Gasteiger partial charge in [-0.05, 0) is 74.6 Å². The van der Waals surface area contributed by atoms with E-state index in [-0.39, 0.29) is 25.4 Å². The number of β-amino-alcohol motifs (C(OH)–C–C–N with tert-alkyl or cyclic N) is 1. The highest BCUT2D eigenvalue weighted by atomic mass is 32.1. The highest BCUT2D eigenvalue weighted by Gasteiger charge is 2.44. The van der Waals surface area contributed by atoms with Gasteiger partial charge in [0.25, 0.3) is 0 Å².